The smallest absolute Gasteiger partial charge is 0.323 e. The molecular weight excluding hydrogens is 386 g/mol. The minimum absolute atomic E-state index is 0.214. The highest BCUT2D eigenvalue weighted by Crippen LogP contribution is 2.35. The third kappa shape index (κ3) is 3.63. The molecule has 2 aromatic heterocycles. The summed E-state index contributed by atoms with van der Waals surface area (Å²) in [4.78, 5) is 32.6. The van der Waals surface area contributed by atoms with Crippen LogP contribution in [0.5, 0.6) is 0 Å². The first kappa shape index (κ1) is 18.2. The van der Waals surface area contributed by atoms with Gasteiger partial charge < -0.3 is 9.72 Å². The number of halogens is 1. The Kier molecular flexibility index (Phi) is 4.99. The molecule has 6 nitrogen and oxygen atoms in total. The van der Waals surface area contributed by atoms with Crippen molar-refractivity contribution < 1.29 is 9.53 Å². The van der Waals surface area contributed by atoms with Gasteiger partial charge in [-0.2, -0.15) is 0 Å². The van der Waals surface area contributed by atoms with E-state index in [9.17, 15) is 9.59 Å². The van der Waals surface area contributed by atoms with Gasteiger partial charge in [-0.25, -0.2) is 4.98 Å². The van der Waals surface area contributed by atoms with Crippen molar-refractivity contribution in [2.75, 3.05) is 7.11 Å². The normalized spacial score (nSPS) is 15.0. The maximum absolute atomic E-state index is 12.7. The number of aromatic amines is 1. The lowest BCUT2D eigenvalue weighted by Crippen LogP contribution is -2.39. The molecule has 0 bridgehead atoms. The monoisotopic (exact) mass is 403 g/mol. The van der Waals surface area contributed by atoms with Crippen LogP contribution in [0.25, 0.3) is 21.3 Å². The maximum Gasteiger partial charge on any atom is 0.323 e. The summed E-state index contributed by atoms with van der Waals surface area (Å²) in [6.45, 7) is 0.292. The summed E-state index contributed by atoms with van der Waals surface area (Å²) >= 11 is 7.68. The number of fused-ring (bicyclic) bond motifs is 1. The van der Waals surface area contributed by atoms with Gasteiger partial charge >= 0.3 is 5.97 Å². The molecule has 1 fully saturated rings. The van der Waals surface area contributed by atoms with Crippen LogP contribution in [0.15, 0.2) is 34.4 Å². The summed E-state index contributed by atoms with van der Waals surface area (Å²) in [6, 6.07) is 7.05. The zero-order valence-corrected chi connectivity index (χ0v) is 16.2. The number of ether oxygens (including phenoxy) is 1. The number of rotatable bonds is 6. The van der Waals surface area contributed by atoms with Crippen LogP contribution in [0.1, 0.15) is 18.7 Å². The van der Waals surface area contributed by atoms with Gasteiger partial charge in [0.05, 0.1) is 19.0 Å². The van der Waals surface area contributed by atoms with Gasteiger partial charge in [-0.05, 0) is 24.8 Å². The highest BCUT2D eigenvalue weighted by molar-refractivity contribution is 7.17. The molecule has 8 heteroatoms. The fraction of sp³-hybridized carbons (Fsp3) is 0.316. The van der Waals surface area contributed by atoms with Crippen molar-refractivity contribution in [2.24, 2.45) is 5.92 Å². The van der Waals surface area contributed by atoms with Crippen LogP contribution in [0.3, 0.4) is 0 Å². The highest BCUT2D eigenvalue weighted by Gasteiger charge is 2.36. The molecule has 2 N–H and O–H groups in total. The fourth-order valence-electron chi connectivity index (χ4n) is 3.16. The van der Waals surface area contributed by atoms with Gasteiger partial charge in [0.25, 0.3) is 5.56 Å². The Balaban J connectivity index is 1.63. The minimum atomic E-state index is -0.363. The molecule has 0 amide bonds. The predicted molar refractivity (Wildman–Crippen MR) is 106 cm³/mol. The van der Waals surface area contributed by atoms with Crippen LogP contribution in [-0.2, 0) is 16.1 Å². The molecule has 1 aliphatic carbocycles. The molecule has 0 saturated heterocycles. The first-order chi connectivity index (χ1) is 13.1. The average Bonchev–Trinajstić information content (AvgIpc) is 3.41. The van der Waals surface area contributed by atoms with Crippen LogP contribution in [0.2, 0.25) is 5.02 Å². The predicted octanol–water partition coefficient (Wildman–Crippen LogP) is 3.35. The van der Waals surface area contributed by atoms with Crippen molar-refractivity contribution in [3.05, 3.63) is 50.8 Å². The number of aromatic nitrogens is 2. The number of methoxy groups -OCH3 is 1. The van der Waals surface area contributed by atoms with E-state index in [0.717, 1.165) is 24.0 Å². The highest BCUT2D eigenvalue weighted by atomic mass is 35.5. The van der Waals surface area contributed by atoms with E-state index in [4.69, 9.17) is 16.3 Å². The molecule has 0 radical (unpaired) electrons. The van der Waals surface area contributed by atoms with Gasteiger partial charge in [-0.3, -0.25) is 14.9 Å². The first-order valence-corrected chi connectivity index (χ1v) is 9.90. The lowest BCUT2D eigenvalue weighted by Gasteiger charge is -2.15. The molecule has 2 heterocycles. The Bertz CT molecular complexity index is 1060. The summed E-state index contributed by atoms with van der Waals surface area (Å²) in [7, 11) is 1.38. The van der Waals surface area contributed by atoms with Crippen molar-refractivity contribution >= 4 is 39.1 Å². The number of carbonyl (C=O) groups excluding carboxylic acids is 1. The number of H-pyrrole nitrogens is 1. The Hall–Kier alpha value is -2.22. The molecule has 1 saturated carbocycles. The van der Waals surface area contributed by atoms with E-state index in [1.807, 2.05) is 23.6 Å². The minimum Gasteiger partial charge on any atom is -0.468 e. The fourth-order valence-corrected chi connectivity index (χ4v) is 4.36. The van der Waals surface area contributed by atoms with E-state index in [2.05, 4.69) is 15.3 Å². The third-order valence-corrected chi connectivity index (χ3v) is 5.90. The number of carbonyl (C=O) groups is 1. The third-order valence-electron chi connectivity index (χ3n) is 4.69. The summed E-state index contributed by atoms with van der Waals surface area (Å²) in [5.74, 6) is 0.508. The molecular formula is C19H18ClN3O3S. The molecule has 140 valence electrons. The first-order valence-electron chi connectivity index (χ1n) is 8.65. The van der Waals surface area contributed by atoms with Crippen LogP contribution < -0.4 is 10.9 Å². The van der Waals surface area contributed by atoms with Gasteiger partial charge in [0.15, 0.2) is 0 Å². The Morgan fingerprint density at radius 2 is 2.19 bits per heavy atom. The number of hydrogen-bond donors (Lipinski definition) is 2. The van der Waals surface area contributed by atoms with Crippen LogP contribution in [0, 0.1) is 5.92 Å². The number of hydrogen-bond acceptors (Lipinski definition) is 6. The summed E-state index contributed by atoms with van der Waals surface area (Å²) in [5.41, 5.74) is 1.37. The second kappa shape index (κ2) is 7.42. The molecule has 3 aromatic rings. The van der Waals surface area contributed by atoms with Gasteiger partial charge in [0, 0.05) is 21.5 Å². The zero-order valence-electron chi connectivity index (χ0n) is 14.6. The van der Waals surface area contributed by atoms with Crippen LogP contribution in [-0.4, -0.2) is 29.1 Å². The van der Waals surface area contributed by atoms with Crippen molar-refractivity contribution in [2.45, 2.75) is 25.4 Å². The molecule has 1 aromatic carbocycles. The van der Waals surface area contributed by atoms with Crippen LogP contribution >= 0.6 is 22.9 Å². The van der Waals surface area contributed by atoms with Crippen molar-refractivity contribution in [3.8, 4) is 11.1 Å². The summed E-state index contributed by atoms with van der Waals surface area (Å²) in [5, 5.41) is 6.18. The van der Waals surface area contributed by atoms with E-state index in [0.29, 0.717) is 33.5 Å². The molecule has 1 aliphatic rings. The number of benzene rings is 1. The lowest BCUT2D eigenvalue weighted by atomic mass is 10.1. The van der Waals surface area contributed by atoms with E-state index in [1.165, 1.54) is 18.4 Å². The maximum atomic E-state index is 12.7. The van der Waals surface area contributed by atoms with Gasteiger partial charge in [0.2, 0.25) is 0 Å². The number of thiophene rings is 1. The van der Waals surface area contributed by atoms with Gasteiger partial charge in [0.1, 0.15) is 16.7 Å². The van der Waals surface area contributed by atoms with Crippen LogP contribution in [0.4, 0.5) is 0 Å². The molecule has 0 aliphatic heterocycles. The van der Waals surface area contributed by atoms with E-state index < -0.39 is 0 Å². The van der Waals surface area contributed by atoms with Crippen molar-refractivity contribution in [1.29, 1.82) is 0 Å². The second-order valence-electron chi connectivity index (χ2n) is 6.54. The van der Waals surface area contributed by atoms with Gasteiger partial charge in [-0.1, -0.05) is 29.8 Å². The second-order valence-corrected chi connectivity index (χ2v) is 7.81. The molecule has 1 unspecified atom stereocenters. The summed E-state index contributed by atoms with van der Waals surface area (Å²) in [6.07, 6.45) is 2.00. The quantitative estimate of drug-likeness (QED) is 0.616. The van der Waals surface area contributed by atoms with Crippen molar-refractivity contribution in [1.82, 2.24) is 15.3 Å². The zero-order chi connectivity index (χ0) is 19.0. The Morgan fingerprint density at radius 1 is 1.41 bits per heavy atom. The number of nitrogens with one attached hydrogen (secondary N) is 2. The van der Waals surface area contributed by atoms with E-state index in [1.54, 1.807) is 6.07 Å². The van der Waals surface area contributed by atoms with E-state index >= 15 is 0 Å². The van der Waals surface area contributed by atoms with E-state index in [-0.39, 0.29) is 17.6 Å². The van der Waals surface area contributed by atoms with Gasteiger partial charge in [-0.15, -0.1) is 11.3 Å². The Morgan fingerprint density at radius 3 is 2.89 bits per heavy atom. The largest absolute Gasteiger partial charge is 0.468 e. The van der Waals surface area contributed by atoms with Crippen molar-refractivity contribution in [3.63, 3.8) is 0 Å². The molecule has 0 spiro atoms. The average molecular weight is 404 g/mol. The topological polar surface area (TPSA) is 84.1 Å². The SMILES string of the molecule is COC(=O)C(NCc1nc2scc(-c3ccccc3Cl)c2c(=O)[nH]1)C1CC1. The molecule has 4 rings (SSSR count). The number of esters is 1. The molecule has 27 heavy (non-hydrogen) atoms. The lowest BCUT2D eigenvalue weighted by molar-refractivity contribution is -0.143. The molecule has 1 atom stereocenters. The standard InChI is InChI=1S/C19H18ClN3O3S/c1-26-19(25)16(10-6-7-10)21-8-14-22-17(24)15-12(9-27-18(15)23-14)11-4-2-3-5-13(11)20/h2-5,9-10,16,21H,6-8H2,1H3,(H,22,23,24). The number of nitrogens with zero attached hydrogens (tertiary/aromatic N) is 1. The Labute approximate surface area is 164 Å². The summed E-state index contributed by atoms with van der Waals surface area (Å²) < 4.78 is 4.86.